The van der Waals surface area contributed by atoms with Crippen molar-refractivity contribution in [2.24, 2.45) is 11.8 Å². The van der Waals surface area contributed by atoms with Crippen LogP contribution in [0.5, 0.6) is 0 Å². The molecule has 2 aliphatic heterocycles. The van der Waals surface area contributed by atoms with Crippen LogP contribution in [0.3, 0.4) is 0 Å². The van der Waals surface area contributed by atoms with E-state index >= 15 is 0 Å². The van der Waals surface area contributed by atoms with Crippen molar-refractivity contribution in [2.45, 2.75) is 20.3 Å². The highest BCUT2D eigenvalue weighted by molar-refractivity contribution is 4.76. The third kappa shape index (κ3) is 3.44. The standard InChI is InChI=1S/C13H27N3/c1-12-3-6-16(11-13(12)2)10-9-15-7-4-14-5-8-15/h12-14H,3-11H2,1-2H3. The summed E-state index contributed by atoms with van der Waals surface area (Å²) in [7, 11) is 0. The molecule has 2 atom stereocenters. The van der Waals surface area contributed by atoms with Crippen LogP contribution in [-0.4, -0.2) is 62.2 Å². The number of piperazine rings is 1. The highest BCUT2D eigenvalue weighted by Crippen LogP contribution is 2.21. The van der Waals surface area contributed by atoms with Crippen LogP contribution in [0.2, 0.25) is 0 Å². The number of nitrogens with one attached hydrogen (secondary N) is 1. The van der Waals surface area contributed by atoms with Gasteiger partial charge in [0.05, 0.1) is 0 Å². The lowest BCUT2D eigenvalue weighted by Crippen LogP contribution is -2.48. The molecule has 1 N–H and O–H groups in total. The van der Waals surface area contributed by atoms with Gasteiger partial charge in [-0.05, 0) is 24.8 Å². The molecule has 0 aromatic heterocycles. The summed E-state index contributed by atoms with van der Waals surface area (Å²) in [5, 5.41) is 3.41. The minimum absolute atomic E-state index is 0.886. The van der Waals surface area contributed by atoms with Crippen LogP contribution >= 0.6 is 0 Å². The van der Waals surface area contributed by atoms with Gasteiger partial charge in [0.1, 0.15) is 0 Å². The number of rotatable bonds is 3. The first kappa shape index (κ1) is 12.3. The average Bonchev–Trinajstić information content (AvgIpc) is 2.32. The Morgan fingerprint density at radius 1 is 0.938 bits per heavy atom. The SMILES string of the molecule is CC1CCN(CCN2CCNCC2)CC1C. The smallest absolute Gasteiger partial charge is 0.0110 e. The maximum Gasteiger partial charge on any atom is 0.0110 e. The largest absolute Gasteiger partial charge is 0.314 e. The second-order valence-electron chi connectivity index (χ2n) is 5.64. The van der Waals surface area contributed by atoms with Crippen molar-refractivity contribution in [1.82, 2.24) is 15.1 Å². The molecule has 3 nitrogen and oxygen atoms in total. The number of likely N-dealkylation sites (tertiary alicyclic amines) is 1. The molecule has 2 heterocycles. The van der Waals surface area contributed by atoms with Gasteiger partial charge in [0.25, 0.3) is 0 Å². The first-order valence-corrected chi connectivity index (χ1v) is 6.91. The summed E-state index contributed by atoms with van der Waals surface area (Å²) in [6, 6.07) is 0. The van der Waals surface area contributed by atoms with Gasteiger partial charge in [-0.15, -0.1) is 0 Å². The molecule has 0 saturated carbocycles. The Hall–Kier alpha value is -0.120. The zero-order valence-electron chi connectivity index (χ0n) is 10.9. The number of hydrogen-bond acceptors (Lipinski definition) is 3. The summed E-state index contributed by atoms with van der Waals surface area (Å²) in [4.78, 5) is 5.26. The van der Waals surface area contributed by atoms with E-state index in [2.05, 4.69) is 29.0 Å². The molecule has 2 unspecified atom stereocenters. The molecule has 3 heteroatoms. The van der Waals surface area contributed by atoms with Gasteiger partial charge in [0, 0.05) is 45.8 Å². The van der Waals surface area contributed by atoms with E-state index in [1.165, 1.54) is 58.8 Å². The number of hydrogen-bond donors (Lipinski definition) is 1. The monoisotopic (exact) mass is 225 g/mol. The summed E-state index contributed by atoms with van der Waals surface area (Å²) >= 11 is 0. The zero-order chi connectivity index (χ0) is 11.4. The summed E-state index contributed by atoms with van der Waals surface area (Å²) < 4.78 is 0. The van der Waals surface area contributed by atoms with Crippen molar-refractivity contribution < 1.29 is 0 Å². The molecule has 0 radical (unpaired) electrons. The molecule has 0 amide bonds. The Kier molecular flexibility index (Phi) is 4.62. The molecule has 2 fully saturated rings. The van der Waals surface area contributed by atoms with Crippen LogP contribution in [0, 0.1) is 11.8 Å². The predicted molar refractivity (Wildman–Crippen MR) is 68.7 cm³/mol. The van der Waals surface area contributed by atoms with Gasteiger partial charge in [0.2, 0.25) is 0 Å². The lowest BCUT2D eigenvalue weighted by atomic mass is 9.89. The highest BCUT2D eigenvalue weighted by atomic mass is 15.2. The molecule has 0 aromatic rings. The maximum absolute atomic E-state index is 3.41. The Balaban J connectivity index is 1.65. The van der Waals surface area contributed by atoms with Crippen LogP contribution in [0.4, 0.5) is 0 Å². The van der Waals surface area contributed by atoms with E-state index in [-0.39, 0.29) is 0 Å². The van der Waals surface area contributed by atoms with Gasteiger partial charge in [0.15, 0.2) is 0 Å². The first-order chi connectivity index (χ1) is 7.75. The molecule has 2 aliphatic rings. The Labute approximate surface area is 100 Å². The van der Waals surface area contributed by atoms with Crippen LogP contribution in [0.25, 0.3) is 0 Å². The quantitative estimate of drug-likeness (QED) is 0.769. The molecular weight excluding hydrogens is 198 g/mol. The first-order valence-electron chi connectivity index (χ1n) is 6.91. The molecule has 2 saturated heterocycles. The van der Waals surface area contributed by atoms with Crippen molar-refractivity contribution in [3.63, 3.8) is 0 Å². The Morgan fingerprint density at radius 3 is 2.31 bits per heavy atom. The van der Waals surface area contributed by atoms with Crippen LogP contribution < -0.4 is 5.32 Å². The van der Waals surface area contributed by atoms with Gasteiger partial charge in [-0.2, -0.15) is 0 Å². The van der Waals surface area contributed by atoms with Gasteiger partial charge < -0.3 is 10.2 Å². The Bertz CT molecular complexity index is 201. The van der Waals surface area contributed by atoms with E-state index in [1.54, 1.807) is 0 Å². The highest BCUT2D eigenvalue weighted by Gasteiger charge is 2.22. The van der Waals surface area contributed by atoms with Crippen LogP contribution in [0.1, 0.15) is 20.3 Å². The minimum atomic E-state index is 0.886. The van der Waals surface area contributed by atoms with E-state index in [1.807, 2.05) is 0 Å². The fraction of sp³-hybridized carbons (Fsp3) is 1.00. The molecule has 2 rings (SSSR count). The minimum Gasteiger partial charge on any atom is -0.314 e. The molecule has 0 spiro atoms. The van der Waals surface area contributed by atoms with Crippen molar-refractivity contribution >= 4 is 0 Å². The molecule has 16 heavy (non-hydrogen) atoms. The maximum atomic E-state index is 3.41. The topological polar surface area (TPSA) is 18.5 Å². The average molecular weight is 225 g/mol. The summed E-state index contributed by atoms with van der Waals surface area (Å²) in [6.07, 6.45) is 1.39. The lowest BCUT2D eigenvalue weighted by Gasteiger charge is -2.37. The second-order valence-corrected chi connectivity index (χ2v) is 5.64. The van der Waals surface area contributed by atoms with Gasteiger partial charge in [-0.1, -0.05) is 13.8 Å². The normalized spacial score (nSPS) is 34.1. The zero-order valence-corrected chi connectivity index (χ0v) is 10.9. The van der Waals surface area contributed by atoms with Crippen molar-refractivity contribution in [3.05, 3.63) is 0 Å². The number of nitrogens with zero attached hydrogens (tertiary/aromatic N) is 2. The van der Waals surface area contributed by atoms with Crippen LogP contribution in [-0.2, 0) is 0 Å². The van der Waals surface area contributed by atoms with Crippen molar-refractivity contribution in [3.8, 4) is 0 Å². The lowest BCUT2D eigenvalue weighted by molar-refractivity contribution is 0.118. The fourth-order valence-corrected chi connectivity index (χ4v) is 2.77. The van der Waals surface area contributed by atoms with E-state index in [9.17, 15) is 0 Å². The molecular formula is C13H27N3. The van der Waals surface area contributed by atoms with E-state index in [0.29, 0.717) is 0 Å². The number of piperidine rings is 1. The van der Waals surface area contributed by atoms with Gasteiger partial charge >= 0.3 is 0 Å². The molecule has 94 valence electrons. The molecule has 0 bridgehead atoms. The van der Waals surface area contributed by atoms with Gasteiger partial charge in [-0.25, -0.2) is 0 Å². The summed E-state index contributed by atoms with van der Waals surface area (Å²) in [6.45, 7) is 14.8. The van der Waals surface area contributed by atoms with E-state index in [4.69, 9.17) is 0 Å². The molecule has 0 aliphatic carbocycles. The predicted octanol–water partition coefficient (Wildman–Crippen LogP) is 0.870. The molecule has 0 aromatic carbocycles. The second kappa shape index (κ2) is 5.99. The van der Waals surface area contributed by atoms with E-state index in [0.717, 1.165) is 11.8 Å². The third-order valence-corrected chi connectivity index (χ3v) is 4.36. The Morgan fingerprint density at radius 2 is 1.62 bits per heavy atom. The van der Waals surface area contributed by atoms with Gasteiger partial charge in [-0.3, -0.25) is 4.90 Å². The summed E-state index contributed by atoms with van der Waals surface area (Å²) in [5.41, 5.74) is 0. The third-order valence-electron chi connectivity index (χ3n) is 4.36. The fourth-order valence-electron chi connectivity index (χ4n) is 2.77. The van der Waals surface area contributed by atoms with Crippen molar-refractivity contribution in [1.29, 1.82) is 0 Å². The summed E-state index contributed by atoms with van der Waals surface area (Å²) in [5.74, 6) is 1.81. The van der Waals surface area contributed by atoms with Crippen LogP contribution in [0.15, 0.2) is 0 Å². The van der Waals surface area contributed by atoms with E-state index < -0.39 is 0 Å². The van der Waals surface area contributed by atoms with Crippen molar-refractivity contribution in [2.75, 3.05) is 52.4 Å².